The van der Waals surface area contributed by atoms with E-state index >= 15 is 0 Å². The van der Waals surface area contributed by atoms with Crippen LogP contribution in [0.5, 0.6) is 0 Å². The Morgan fingerprint density at radius 3 is 2.79 bits per heavy atom. The monoisotopic (exact) mass is 373 g/mol. The Morgan fingerprint density at radius 1 is 1.25 bits per heavy atom. The summed E-state index contributed by atoms with van der Waals surface area (Å²) < 4.78 is 28.2. The number of sulfonamides is 1. The smallest absolute Gasteiger partial charge is 0.240 e. The second kappa shape index (κ2) is 7.82. The average molecular weight is 374 g/mol. The molecule has 1 fully saturated rings. The number of halogens is 1. The van der Waals surface area contributed by atoms with E-state index in [1.165, 1.54) is 0 Å². The molecule has 3 N–H and O–H groups in total. The Morgan fingerprint density at radius 2 is 2.04 bits per heavy atom. The molecule has 2 unspecified atom stereocenters. The first-order chi connectivity index (χ1) is 11.0. The summed E-state index contributed by atoms with van der Waals surface area (Å²) in [5, 5.41) is 6.09. The van der Waals surface area contributed by atoms with Crippen LogP contribution in [0.2, 0.25) is 0 Å². The van der Waals surface area contributed by atoms with Gasteiger partial charge >= 0.3 is 0 Å². The van der Waals surface area contributed by atoms with Crippen molar-refractivity contribution in [3.05, 3.63) is 23.8 Å². The molecule has 2 heterocycles. The second-order valence-electron chi connectivity index (χ2n) is 6.42. The van der Waals surface area contributed by atoms with Gasteiger partial charge in [-0.2, -0.15) is 0 Å². The van der Waals surface area contributed by atoms with E-state index in [-0.39, 0.29) is 35.2 Å². The predicted molar refractivity (Wildman–Crippen MR) is 96.0 cm³/mol. The zero-order valence-electron chi connectivity index (χ0n) is 13.7. The molecule has 6 nitrogen and oxygen atoms in total. The van der Waals surface area contributed by atoms with Crippen LogP contribution in [0.1, 0.15) is 31.7 Å². The highest BCUT2D eigenvalue weighted by molar-refractivity contribution is 7.89. The maximum Gasteiger partial charge on any atom is 0.240 e. The minimum atomic E-state index is -3.54. The molecule has 0 saturated carbocycles. The number of anilines is 1. The van der Waals surface area contributed by atoms with Gasteiger partial charge < -0.3 is 10.6 Å². The second-order valence-corrected chi connectivity index (χ2v) is 8.13. The van der Waals surface area contributed by atoms with Crippen LogP contribution in [0.15, 0.2) is 23.1 Å². The van der Waals surface area contributed by atoms with E-state index in [1.54, 1.807) is 18.2 Å². The van der Waals surface area contributed by atoms with Crippen LogP contribution >= 0.6 is 12.4 Å². The Hall–Kier alpha value is -1.15. The summed E-state index contributed by atoms with van der Waals surface area (Å²) in [5.74, 6) is 0.250. The summed E-state index contributed by atoms with van der Waals surface area (Å²) in [6, 6.07) is 4.91. The lowest BCUT2D eigenvalue weighted by Crippen LogP contribution is -2.48. The van der Waals surface area contributed by atoms with Gasteiger partial charge in [0, 0.05) is 18.2 Å². The molecule has 0 radical (unpaired) electrons. The van der Waals surface area contributed by atoms with Crippen LogP contribution in [0.4, 0.5) is 5.69 Å². The lowest BCUT2D eigenvalue weighted by molar-refractivity contribution is -0.116. The number of piperidine rings is 1. The van der Waals surface area contributed by atoms with Crippen LogP contribution < -0.4 is 15.4 Å². The van der Waals surface area contributed by atoms with Gasteiger partial charge in [0.1, 0.15) is 0 Å². The molecule has 24 heavy (non-hydrogen) atoms. The molecule has 134 valence electrons. The van der Waals surface area contributed by atoms with E-state index in [4.69, 9.17) is 0 Å². The number of benzene rings is 1. The summed E-state index contributed by atoms with van der Waals surface area (Å²) >= 11 is 0. The molecular weight excluding hydrogens is 350 g/mol. The van der Waals surface area contributed by atoms with Crippen molar-refractivity contribution in [3.8, 4) is 0 Å². The first-order valence-electron chi connectivity index (χ1n) is 8.11. The van der Waals surface area contributed by atoms with Crippen LogP contribution in [0.3, 0.4) is 0 Å². The topological polar surface area (TPSA) is 87.3 Å². The molecule has 1 aromatic carbocycles. The Labute approximate surface area is 149 Å². The summed E-state index contributed by atoms with van der Waals surface area (Å²) in [6.07, 6.45) is 2.71. The number of nitrogens with one attached hydrogen (secondary N) is 3. The van der Waals surface area contributed by atoms with Crippen LogP contribution in [0.25, 0.3) is 0 Å². The number of carbonyl (C=O) groups is 1. The molecule has 2 aliphatic heterocycles. The first kappa shape index (κ1) is 19.2. The fraction of sp³-hybridized carbons (Fsp3) is 0.562. The molecule has 8 heteroatoms. The third kappa shape index (κ3) is 4.27. The fourth-order valence-corrected chi connectivity index (χ4v) is 4.60. The van der Waals surface area contributed by atoms with E-state index in [0.29, 0.717) is 12.8 Å². The molecule has 0 aliphatic carbocycles. The molecule has 3 rings (SSSR count). The SMILES string of the molecule is CC1CNCCC1NS(=O)(=O)c1ccc2c(c1)CCCC(=O)N2.Cl. The molecule has 0 aromatic heterocycles. The van der Waals surface area contributed by atoms with Crippen molar-refractivity contribution < 1.29 is 13.2 Å². The minimum absolute atomic E-state index is 0. The summed E-state index contributed by atoms with van der Waals surface area (Å²) in [7, 11) is -3.54. The van der Waals surface area contributed by atoms with Crippen molar-refractivity contribution in [2.75, 3.05) is 18.4 Å². The van der Waals surface area contributed by atoms with E-state index in [9.17, 15) is 13.2 Å². The largest absolute Gasteiger partial charge is 0.326 e. The van der Waals surface area contributed by atoms with Gasteiger partial charge in [0.25, 0.3) is 0 Å². The molecular formula is C16H24ClN3O3S. The predicted octanol–water partition coefficient (Wildman–Crippen LogP) is 1.66. The van der Waals surface area contributed by atoms with Crippen LogP contribution in [0, 0.1) is 5.92 Å². The van der Waals surface area contributed by atoms with Crippen molar-refractivity contribution in [2.24, 2.45) is 5.92 Å². The quantitative estimate of drug-likeness (QED) is 0.752. The third-order valence-electron chi connectivity index (χ3n) is 4.60. The number of rotatable bonds is 3. The first-order valence-corrected chi connectivity index (χ1v) is 9.60. The van der Waals surface area contributed by atoms with Crippen molar-refractivity contribution >= 4 is 34.0 Å². The Balaban J connectivity index is 0.00000208. The molecule has 1 amide bonds. The van der Waals surface area contributed by atoms with Gasteiger partial charge in [-0.25, -0.2) is 13.1 Å². The van der Waals surface area contributed by atoms with Gasteiger partial charge in [0.15, 0.2) is 0 Å². The Kier molecular flexibility index (Phi) is 6.25. The standard InChI is InChI=1S/C16H23N3O3S.ClH/c1-11-10-17-8-7-14(11)19-23(21,22)13-5-6-15-12(9-13)3-2-4-16(20)18-15;/h5-6,9,11,14,17,19H,2-4,7-8,10H2,1H3,(H,18,20);1H. The summed E-state index contributed by atoms with van der Waals surface area (Å²) in [5.41, 5.74) is 1.61. The van der Waals surface area contributed by atoms with Crippen molar-refractivity contribution in [2.45, 2.75) is 43.5 Å². The number of carbonyl (C=O) groups excluding carboxylic acids is 1. The number of fused-ring (bicyclic) bond motifs is 1. The fourth-order valence-electron chi connectivity index (χ4n) is 3.17. The molecule has 1 aromatic rings. The zero-order valence-corrected chi connectivity index (χ0v) is 15.3. The van der Waals surface area contributed by atoms with E-state index in [0.717, 1.165) is 37.2 Å². The van der Waals surface area contributed by atoms with E-state index in [2.05, 4.69) is 15.4 Å². The molecule has 0 spiro atoms. The maximum atomic E-state index is 12.7. The van der Waals surface area contributed by atoms with E-state index < -0.39 is 10.0 Å². The van der Waals surface area contributed by atoms with Gasteiger partial charge in [-0.1, -0.05) is 6.92 Å². The highest BCUT2D eigenvalue weighted by Crippen LogP contribution is 2.25. The summed E-state index contributed by atoms with van der Waals surface area (Å²) in [4.78, 5) is 11.9. The number of amides is 1. The molecule has 2 atom stereocenters. The number of hydrogen-bond donors (Lipinski definition) is 3. The molecule has 1 saturated heterocycles. The average Bonchev–Trinajstić information content (AvgIpc) is 2.69. The van der Waals surface area contributed by atoms with Crippen LogP contribution in [-0.2, 0) is 21.2 Å². The molecule has 2 aliphatic rings. The van der Waals surface area contributed by atoms with Crippen molar-refractivity contribution in [3.63, 3.8) is 0 Å². The van der Waals surface area contributed by atoms with E-state index in [1.807, 2.05) is 6.92 Å². The normalized spacial score (nSPS) is 24.3. The Bertz CT molecular complexity index is 709. The number of aryl methyl sites for hydroxylation is 1. The number of hydrogen-bond acceptors (Lipinski definition) is 4. The third-order valence-corrected chi connectivity index (χ3v) is 6.09. The van der Waals surface area contributed by atoms with Gasteiger partial charge in [-0.05, 0) is 62.0 Å². The lowest BCUT2D eigenvalue weighted by Gasteiger charge is -2.30. The van der Waals surface area contributed by atoms with Gasteiger partial charge in [0.2, 0.25) is 15.9 Å². The van der Waals surface area contributed by atoms with Gasteiger partial charge in [-0.15, -0.1) is 12.4 Å². The lowest BCUT2D eigenvalue weighted by atomic mass is 9.97. The zero-order chi connectivity index (χ0) is 16.4. The van der Waals surface area contributed by atoms with Crippen molar-refractivity contribution in [1.82, 2.24) is 10.0 Å². The summed E-state index contributed by atoms with van der Waals surface area (Å²) in [6.45, 7) is 3.70. The minimum Gasteiger partial charge on any atom is -0.326 e. The van der Waals surface area contributed by atoms with Crippen LogP contribution in [-0.4, -0.2) is 33.5 Å². The van der Waals surface area contributed by atoms with Crippen molar-refractivity contribution in [1.29, 1.82) is 0 Å². The molecule has 0 bridgehead atoms. The van der Waals surface area contributed by atoms with Gasteiger partial charge in [0.05, 0.1) is 4.90 Å². The highest BCUT2D eigenvalue weighted by atomic mass is 35.5. The highest BCUT2D eigenvalue weighted by Gasteiger charge is 2.27. The van der Waals surface area contributed by atoms with Gasteiger partial charge in [-0.3, -0.25) is 4.79 Å². The maximum absolute atomic E-state index is 12.7.